The number of nitrogens with zero attached hydrogens (tertiary/aromatic N) is 1. The summed E-state index contributed by atoms with van der Waals surface area (Å²) in [4.78, 5) is 0.198. The summed E-state index contributed by atoms with van der Waals surface area (Å²) in [6.45, 7) is 5.49. The van der Waals surface area contributed by atoms with Gasteiger partial charge in [0, 0.05) is 25.7 Å². The van der Waals surface area contributed by atoms with E-state index in [2.05, 4.69) is 5.32 Å². The second kappa shape index (κ2) is 6.41. The maximum absolute atomic E-state index is 12.5. The van der Waals surface area contributed by atoms with Crippen LogP contribution < -0.4 is 5.32 Å². The second-order valence-corrected chi connectivity index (χ2v) is 6.97. The molecule has 0 amide bonds. The van der Waals surface area contributed by atoms with Crippen LogP contribution in [-0.4, -0.2) is 38.4 Å². The summed E-state index contributed by atoms with van der Waals surface area (Å²) in [7, 11) is -3.48. The molecule has 4 nitrogen and oxygen atoms in total. The molecule has 0 bridgehead atoms. The van der Waals surface area contributed by atoms with Gasteiger partial charge in [-0.25, -0.2) is 8.42 Å². The lowest BCUT2D eigenvalue weighted by Crippen LogP contribution is -2.51. The van der Waals surface area contributed by atoms with E-state index in [4.69, 9.17) is 11.6 Å². The minimum atomic E-state index is -3.48. The van der Waals surface area contributed by atoms with Gasteiger partial charge in [-0.3, -0.25) is 0 Å². The molecule has 7 heteroatoms. The summed E-state index contributed by atoms with van der Waals surface area (Å²) in [5, 5.41) is 3.51. The number of hydrogen-bond donors (Lipinski definition) is 1. The van der Waals surface area contributed by atoms with Crippen LogP contribution in [0.2, 0.25) is 5.02 Å². The summed E-state index contributed by atoms with van der Waals surface area (Å²) in [6, 6.07) is 5.20. The van der Waals surface area contributed by atoms with Gasteiger partial charge in [0.25, 0.3) is 0 Å². The van der Waals surface area contributed by atoms with Crippen LogP contribution in [0.5, 0.6) is 0 Å². The first-order valence-corrected chi connectivity index (χ1v) is 7.73. The molecule has 1 saturated heterocycles. The lowest BCUT2D eigenvalue weighted by atomic mass is 10.2. The predicted molar refractivity (Wildman–Crippen MR) is 79.7 cm³/mol. The summed E-state index contributed by atoms with van der Waals surface area (Å²) < 4.78 is 26.4. The highest BCUT2D eigenvalue weighted by atomic mass is 35.5. The first kappa shape index (κ1) is 16.7. The molecular formula is C12H18Cl2N2O2S. The third-order valence-electron chi connectivity index (χ3n) is 3.04. The number of sulfonamides is 1. The quantitative estimate of drug-likeness (QED) is 0.905. The SMILES string of the molecule is Cc1ccc(S(=O)(=O)N2CCNC(C)C2)c(Cl)c1.Cl. The van der Waals surface area contributed by atoms with Crippen molar-refractivity contribution in [2.75, 3.05) is 19.6 Å². The molecule has 0 saturated carbocycles. The van der Waals surface area contributed by atoms with Gasteiger partial charge in [0.1, 0.15) is 4.90 Å². The molecule has 0 radical (unpaired) electrons. The fraction of sp³-hybridized carbons (Fsp3) is 0.500. The Morgan fingerprint density at radius 3 is 2.68 bits per heavy atom. The third-order valence-corrected chi connectivity index (χ3v) is 5.38. The van der Waals surface area contributed by atoms with E-state index >= 15 is 0 Å². The van der Waals surface area contributed by atoms with Crippen molar-refractivity contribution in [3.8, 4) is 0 Å². The Kier molecular flexibility index (Phi) is 5.65. The van der Waals surface area contributed by atoms with E-state index in [1.807, 2.05) is 13.8 Å². The molecule has 1 aliphatic rings. The van der Waals surface area contributed by atoms with Crippen molar-refractivity contribution >= 4 is 34.0 Å². The van der Waals surface area contributed by atoms with Crippen LogP contribution in [0.15, 0.2) is 23.1 Å². The number of aryl methyl sites for hydroxylation is 1. The lowest BCUT2D eigenvalue weighted by molar-refractivity contribution is 0.310. The van der Waals surface area contributed by atoms with Gasteiger partial charge in [-0.1, -0.05) is 17.7 Å². The molecule has 1 atom stereocenters. The van der Waals surface area contributed by atoms with Gasteiger partial charge in [0.05, 0.1) is 5.02 Å². The van der Waals surface area contributed by atoms with Gasteiger partial charge in [-0.05, 0) is 31.5 Å². The summed E-state index contributed by atoms with van der Waals surface area (Å²) in [5.74, 6) is 0. The predicted octanol–water partition coefficient (Wildman–Crippen LogP) is 2.05. The lowest BCUT2D eigenvalue weighted by Gasteiger charge is -2.31. The summed E-state index contributed by atoms with van der Waals surface area (Å²) in [6.07, 6.45) is 0. The van der Waals surface area contributed by atoms with Gasteiger partial charge in [0.15, 0.2) is 0 Å². The van der Waals surface area contributed by atoms with Crippen molar-refractivity contribution in [2.45, 2.75) is 24.8 Å². The Balaban J connectivity index is 0.00000180. The molecule has 0 aromatic heterocycles. The van der Waals surface area contributed by atoms with E-state index in [0.717, 1.165) is 5.56 Å². The van der Waals surface area contributed by atoms with Gasteiger partial charge >= 0.3 is 0 Å². The molecular weight excluding hydrogens is 307 g/mol. The van der Waals surface area contributed by atoms with E-state index in [0.29, 0.717) is 24.7 Å². The highest BCUT2D eigenvalue weighted by molar-refractivity contribution is 7.89. The number of hydrogen-bond acceptors (Lipinski definition) is 3. The Labute approximate surface area is 125 Å². The van der Waals surface area contributed by atoms with E-state index < -0.39 is 10.0 Å². The largest absolute Gasteiger partial charge is 0.312 e. The summed E-state index contributed by atoms with van der Waals surface area (Å²) >= 11 is 6.05. The number of rotatable bonds is 2. The van der Waals surface area contributed by atoms with E-state index in [9.17, 15) is 8.42 Å². The third kappa shape index (κ3) is 3.61. The Morgan fingerprint density at radius 1 is 1.42 bits per heavy atom. The van der Waals surface area contributed by atoms with Crippen LogP contribution in [0, 0.1) is 6.92 Å². The van der Waals surface area contributed by atoms with Gasteiger partial charge < -0.3 is 5.32 Å². The van der Waals surface area contributed by atoms with Crippen molar-refractivity contribution < 1.29 is 8.42 Å². The second-order valence-electron chi connectivity index (χ2n) is 4.65. The standard InChI is InChI=1S/C12H17ClN2O2S.ClH/c1-9-3-4-12(11(13)7-9)18(16,17)15-6-5-14-10(2)8-15;/h3-4,7,10,14H,5-6,8H2,1-2H3;1H. The van der Waals surface area contributed by atoms with Crippen molar-refractivity contribution in [3.05, 3.63) is 28.8 Å². The van der Waals surface area contributed by atoms with E-state index in [-0.39, 0.29) is 23.3 Å². The number of halogens is 2. The zero-order valence-electron chi connectivity index (χ0n) is 10.9. The maximum Gasteiger partial charge on any atom is 0.244 e. The Bertz CT molecular complexity index is 549. The van der Waals surface area contributed by atoms with Crippen molar-refractivity contribution in [1.82, 2.24) is 9.62 Å². The number of piperazine rings is 1. The van der Waals surface area contributed by atoms with Crippen molar-refractivity contribution in [3.63, 3.8) is 0 Å². The summed E-state index contributed by atoms with van der Waals surface area (Å²) in [5.41, 5.74) is 0.952. The molecule has 1 aromatic carbocycles. The molecule has 1 aromatic rings. The van der Waals surface area contributed by atoms with Gasteiger partial charge in [0.2, 0.25) is 10.0 Å². The molecule has 1 fully saturated rings. The monoisotopic (exact) mass is 324 g/mol. The molecule has 108 valence electrons. The van der Waals surface area contributed by atoms with Crippen molar-refractivity contribution in [2.24, 2.45) is 0 Å². The molecule has 1 heterocycles. The zero-order chi connectivity index (χ0) is 13.3. The van der Waals surface area contributed by atoms with Crippen molar-refractivity contribution in [1.29, 1.82) is 0 Å². The topological polar surface area (TPSA) is 49.4 Å². The molecule has 1 aliphatic heterocycles. The average molecular weight is 325 g/mol. The van der Waals surface area contributed by atoms with Crippen LogP contribution in [0.1, 0.15) is 12.5 Å². The van der Waals surface area contributed by atoms with E-state index in [1.165, 1.54) is 4.31 Å². The average Bonchev–Trinajstić information content (AvgIpc) is 2.28. The van der Waals surface area contributed by atoms with Crippen LogP contribution in [0.4, 0.5) is 0 Å². The van der Waals surface area contributed by atoms with E-state index in [1.54, 1.807) is 18.2 Å². The fourth-order valence-corrected chi connectivity index (χ4v) is 4.17. The Morgan fingerprint density at radius 2 is 2.11 bits per heavy atom. The molecule has 2 rings (SSSR count). The van der Waals surface area contributed by atoms with Crippen LogP contribution in [0.25, 0.3) is 0 Å². The van der Waals surface area contributed by atoms with Crippen LogP contribution in [0.3, 0.4) is 0 Å². The molecule has 1 unspecified atom stereocenters. The van der Waals surface area contributed by atoms with Crippen LogP contribution >= 0.6 is 24.0 Å². The molecule has 0 aliphatic carbocycles. The first-order valence-electron chi connectivity index (χ1n) is 5.91. The Hall–Kier alpha value is -0.330. The molecule has 0 spiro atoms. The molecule has 1 N–H and O–H groups in total. The number of benzene rings is 1. The zero-order valence-corrected chi connectivity index (χ0v) is 13.3. The minimum Gasteiger partial charge on any atom is -0.312 e. The smallest absolute Gasteiger partial charge is 0.244 e. The normalized spacial score (nSPS) is 20.9. The number of nitrogens with one attached hydrogen (secondary N) is 1. The highest BCUT2D eigenvalue weighted by Gasteiger charge is 2.29. The van der Waals surface area contributed by atoms with Crippen LogP contribution in [-0.2, 0) is 10.0 Å². The van der Waals surface area contributed by atoms with Gasteiger partial charge in [-0.2, -0.15) is 4.31 Å². The maximum atomic E-state index is 12.5. The van der Waals surface area contributed by atoms with Gasteiger partial charge in [-0.15, -0.1) is 12.4 Å². The fourth-order valence-electron chi connectivity index (χ4n) is 2.07. The highest BCUT2D eigenvalue weighted by Crippen LogP contribution is 2.26. The molecule has 19 heavy (non-hydrogen) atoms. The minimum absolute atomic E-state index is 0. The first-order chi connectivity index (χ1) is 8.41.